The Hall–Kier alpha value is -1.96. The third kappa shape index (κ3) is 3.15. The maximum absolute atomic E-state index is 13.5. The van der Waals surface area contributed by atoms with Crippen molar-refractivity contribution >= 4 is 40.5 Å². The third-order valence-electron chi connectivity index (χ3n) is 3.36. The standard InChI is InChI=1S/C15H10Cl2FN3O2S/c1-7-12(15(22)23)21(6-9-3-11(16)24-13(9)17)14(20-7)8-2-10(18)5-19-4-8/h2-5H,6H2,1H3,(H,22,23). The predicted octanol–water partition coefficient (Wildman–Crippen LogP) is 4.51. The first kappa shape index (κ1) is 16.9. The molecule has 0 amide bonds. The summed E-state index contributed by atoms with van der Waals surface area (Å²) in [6, 6.07) is 2.92. The van der Waals surface area contributed by atoms with Gasteiger partial charge in [-0.25, -0.2) is 14.2 Å². The molecule has 3 aromatic rings. The largest absolute Gasteiger partial charge is 0.477 e. The number of nitrogens with zero attached hydrogens (tertiary/aromatic N) is 3. The van der Waals surface area contributed by atoms with Gasteiger partial charge in [0, 0.05) is 17.3 Å². The van der Waals surface area contributed by atoms with E-state index in [1.54, 1.807) is 13.0 Å². The van der Waals surface area contributed by atoms with E-state index >= 15 is 0 Å². The smallest absolute Gasteiger partial charge is 0.354 e. The van der Waals surface area contributed by atoms with E-state index in [0.717, 1.165) is 6.20 Å². The average molecular weight is 386 g/mol. The normalized spacial score (nSPS) is 11.0. The first-order chi connectivity index (χ1) is 11.4. The van der Waals surface area contributed by atoms with Gasteiger partial charge in [-0.3, -0.25) is 4.98 Å². The molecule has 0 unspecified atom stereocenters. The molecule has 9 heteroatoms. The van der Waals surface area contributed by atoms with Crippen LogP contribution in [0.5, 0.6) is 0 Å². The van der Waals surface area contributed by atoms with Crippen molar-refractivity contribution in [3.8, 4) is 11.4 Å². The first-order valence-electron chi connectivity index (χ1n) is 6.72. The summed E-state index contributed by atoms with van der Waals surface area (Å²) >= 11 is 13.3. The average Bonchev–Trinajstić information content (AvgIpc) is 2.99. The second-order valence-electron chi connectivity index (χ2n) is 5.00. The maximum atomic E-state index is 13.5. The summed E-state index contributed by atoms with van der Waals surface area (Å²) in [4.78, 5) is 19.7. The number of imidazole rings is 1. The Morgan fingerprint density at radius 1 is 1.38 bits per heavy atom. The Bertz CT molecular complexity index is 939. The number of rotatable bonds is 4. The Morgan fingerprint density at radius 3 is 2.71 bits per heavy atom. The Kier molecular flexibility index (Phi) is 4.58. The van der Waals surface area contributed by atoms with Crippen LogP contribution in [0.25, 0.3) is 11.4 Å². The summed E-state index contributed by atoms with van der Waals surface area (Å²) in [5.41, 5.74) is 1.37. The van der Waals surface area contributed by atoms with Crippen molar-refractivity contribution in [2.75, 3.05) is 0 Å². The lowest BCUT2D eigenvalue weighted by molar-refractivity contribution is 0.0685. The summed E-state index contributed by atoms with van der Waals surface area (Å²) < 4.78 is 15.9. The molecule has 0 bridgehead atoms. The van der Waals surface area contributed by atoms with E-state index in [2.05, 4.69) is 9.97 Å². The van der Waals surface area contributed by atoms with Gasteiger partial charge >= 0.3 is 5.97 Å². The van der Waals surface area contributed by atoms with Gasteiger partial charge in [-0.05, 0) is 19.1 Å². The van der Waals surface area contributed by atoms with Gasteiger partial charge < -0.3 is 9.67 Å². The second-order valence-corrected chi connectivity index (χ2v) is 7.29. The van der Waals surface area contributed by atoms with Crippen molar-refractivity contribution in [1.29, 1.82) is 0 Å². The molecule has 0 saturated heterocycles. The van der Waals surface area contributed by atoms with Gasteiger partial charge in [-0.1, -0.05) is 23.2 Å². The molecule has 0 atom stereocenters. The molecule has 0 aliphatic heterocycles. The lowest BCUT2D eigenvalue weighted by atomic mass is 10.2. The van der Waals surface area contributed by atoms with Gasteiger partial charge in [0.25, 0.3) is 0 Å². The van der Waals surface area contributed by atoms with Crippen LogP contribution in [0.15, 0.2) is 24.5 Å². The highest BCUT2D eigenvalue weighted by molar-refractivity contribution is 7.20. The predicted molar refractivity (Wildman–Crippen MR) is 90.6 cm³/mol. The van der Waals surface area contributed by atoms with Crippen LogP contribution in [0.1, 0.15) is 21.7 Å². The molecule has 0 saturated carbocycles. The van der Waals surface area contributed by atoms with Crippen LogP contribution >= 0.6 is 34.5 Å². The number of aromatic carboxylic acids is 1. The molecule has 3 heterocycles. The Morgan fingerprint density at radius 2 is 2.12 bits per heavy atom. The molecule has 3 rings (SSSR count). The summed E-state index contributed by atoms with van der Waals surface area (Å²) in [6.45, 7) is 1.73. The van der Waals surface area contributed by atoms with E-state index in [1.807, 2.05) is 0 Å². The number of carboxylic acid groups (broad SMARTS) is 1. The number of hydrogen-bond donors (Lipinski definition) is 1. The molecule has 3 aromatic heterocycles. The molecule has 0 aromatic carbocycles. The number of halogens is 3. The minimum Gasteiger partial charge on any atom is -0.477 e. The minimum atomic E-state index is -1.13. The number of hydrogen-bond acceptors (Lipinski definition) is 4. The van der Waals surface area contributed by atoms with Gasteiger partial charge in [-0.2, -0.15) is 0 Å². The van der Waals surface area contributed by atoms with Crippen molar-refractivity contribution in [1.82, 2.24) is 14.5 Å². The number of carboxylic acids is 1. The summed E-state index contributed by atoms with van der Waals surface area (Å²) in [7, 11) is 0. The van der Waals surface area contributed by atoms with Crippen LogP contribution in [0.2, 0.25) is 8.67 Å². The molecule has 1 N–H and O–H groups in total. The molecular formula is C15H10Cl2FN3O2S. The molecule has 24 heavy (non-hydrogen) atoms. The second kappa shape index (κ2) is 6.51. The van der Waals surface area contributed by atoms with E-state index in [1.165, 1.54) is 28.2 Å². The molecule has 0 aliphatic rings. The zero-order valence-corrected chi connectivity index (χ0v) is 14.6. The van der Waals surface area contributed by atoms with E-state index in [9.17, 15) is 14.3 Å². The highest BCUT2D eigenvalue weighted by atomic mass is 35.5. The SMILES string of the molecule is Cc1nc(-c2cncc(F)c2)n(Cc2cc(Cl)sc2Cl)c1C(=O)O. The highest BCUT2D eigenvalue weighted by Crippen LogP contribution is 2.33. The third-order valence-corrected chi connectivity index (χ3v) is 4.93. The van der Waals surface area contributed by atoms with Gasteiger partial charge in [0.05, 0.1) is 27.1 Å². The number of aryl methyl sites for hydroxylation is 1. The number of pyridine rings is 1. The van der Waals surface area contributed by atoms with Crippen LogP contribution in [0.4, 0.5) is 4.39 Å². The molecule has 0 radical (unpaired) electrons. The maximum Gasteiger partial charge on any atom is 0.354 e. The minimum absolute atomic E-state index is 0.00708. The number of carbonyl (C=O) groups is 1. The summed E-state index contributed by atoms with van der Waals surface area (Å²) in [6.07, 6.45) is 2.49. The number of aromatic nitrogens is 3. The van der Waals surface area contributed by atoms with Crippen molar-refractivity contribution < 1.29 is 14.3 Å². The van der Waals surface area contributed by atoms with Gasteiger partial charge in [-0.15, -0.1) is 11.3 Å². The zero-order chi connectivity index (χ0) is 17.4. The van der Waals surface area contributed by atoms with E-state index in [0.29, 0.717) is 31.3 Å². The Labute approximate surface area is 150 Å². The van der Waals surface area contributed by atoms with Crippen LogP contribution in [0, 0.1) is 12.7 Å². The monoisotopic (exact) mass is 385 g/mol. The van der Waals surface area contributed by atoms with Crippen molar-refractivity contribution in [3.63, 3.8) is 0 Å². The first-order valence-corrected chi connectivity index (χ1v) is 8.29. The fraction of sp³-hybridized carbons (Fsp3) is 0.133. The van der Waals surface area contributed by atoms with E-state index < -0.39 is 11.8 Å². The Balaban J connectivity index is 2.18. The van der Waals surface area contributed by atoms with E-state index in [-0.39, 0.29) is 12.2 Å². The van der Waals surface area contributed by atoms with Gasteiger partial charge in [0.15, 0.2) is 5.69 Å². The van der Waals surface area contributed by atoms with Crippen LogP contribution in [-0.4, -0.2) is 25.6 Å². The van der Waals surface area contributed by atoms with Gasteiger partial charge in [0.1, 0.15) is 11.6 Å². The summed E-state index contributed by atoms with van der Waals surface area (Å²) in [5, 5.41) is 9.51. The molecular weight excluding hydrogens is 376 g/mol. The topological polar surface area (TPSA) is 68.0 Å². The van der Waals surface area contributed by atoms with Crippen molar-refractivity contribution in [2.24, 2.45) is 0 Å². The fourth-order valence-electron chi connectivity index (χ4n) is 2.40. The molecule has 0 fully saturated rings. The lowest BCUT2D eigenvalue weighted by Crippen LogP contribution is -2.11. The van der Waals surface area contributed by atoms with Crippen molar-refractivity contribution in [3.05, 3.63) is 56.0 Å². The molecule has 0 spiro atoms. The van der Waals surface area contributed by atoms with Crippen LogP contribution in [-0.2, 0) is 6.54 Å². The highest BCUT2D eigenvalue weighted by Gasteiger charge is 2.22. The fourth-order valence-corrected chi connectivity index (χ4v) is 3.88. The van der Waals surface area contributed by atoms with Crippen molar-refractivity contribution in [2.45, 2.75) is 13.5 Å². The lowest BCUT2D eigenvalue weighted by Gasteiger charge is -2.10. The summed E-state index contributed by atoms with van der Waals surface area (Å²) in [5.74, 6) is -1.36. The zero-order valence-electron chi connectivity index (χ0n) is 12.3. The molecule has 0 aliphatic carbocycles. The van der Waals surface area contributed by atoms with E-state index in [4.69, 9.17) is 23.2 Å². The molecule has 124 valence electrons. The van der Waals surface area contributed by atoms with Gasteiger partial charge in [0.2, 0.25) is 0 Å². The quantitative estimate of drug-likeness (QED) is 0.717. The molecule has 5 nitrogen and oxygen atoms in total. The number of thiophene rings is 1. The van der Waals surface area contributed by atoms with Crippen LogP contribution < -0.4 is 0 Å². The van der Waals surface area contributed by atoms with Crippen LogP contribution in [0.3, 0.4) is 0 Å².